The van der Waals surface area contributed by atoms with Gasteiger partial charge in [-0.25, -0.2) is 9.18 Å². The first-order chi connectivity index (χ1) is 9.36. The van der Waals surface area contributed by atoms with Crippen LogP contribution in [0.15, 0.2) is 11.0 Å². The van der Waals surface area contributed by atoms with Crippen LogP contribution in [-0.2, 0) is 4.74 Å². The van der Waals surface area contributed by atoms with E-state index in [1.165, 1.54) is 6.20 Å². The Bertz CT molecular complexity index is 560. The lowest BCUT2D eigenvalue weighted by Gasteiger charge is -2.27. The van der Waals surface area contributed by atoms with E-state index >= 15 is 0 Å². The van der Waals surface area contributed by atoms with Crippen molar-refractivity contribution in [3.63, 3.8) is 0 Å². The molecule has 4 atom stereocenters. The molecule has 1 aliphatic rings. The van der Waals surface area contributed by atoms with Crippen molar-refractivity contribution in [1.82, 2.24) is 9.55 Å². The first-order valence-electron chi connectivity index (χ1n) is 6.02. The minimum Gasteiger partial charge on any atom is -0.393 e. The lowest BCUT2D eigenvalue weighted by atomic mass is 9.97. The molecule has 1 aromatic rings. The Morgan fingerprint density at radius 3 is 2.80 bits per heavy atom. The Labute approximate surface area is 113 Å². The third-order valence-corrected chi connectivity index (χ3v) is 3.53. The van der Waals surface area contributed by atoms with E-state index in [0.717, 1.165) is 4.57 Å². The van der Waals surface area contributed by atoms with Crippen LogP contribution in [0, 0.1) is 6.92 Å². The molecule has 2 heterocycles. The number of nitrogen functional groups attached to an aromatic ring is 1. The molecule has 0 bridgehead atoms. The van der Waals surface area contributed by atoms with Gasteiger partial charge >= 0.3 is 5.69 Å². The molecule has 2 rings (SSSR count). The van der Waals surface area contributed by atoms with Crippen LogP contribution in [0.25, 0.3) is 0 Å². The average Bonchev–Trinajstić information content (AvgIpc) is 2.68. The van der Waals surface area contributed by atoms with Gasteiger partial charge in [0, 0.05) is 18.3 Å². The van der Waals surface area contributed by atoms with Crippen LogP contribution in [0.1, 0.15) is 11.8 Å². The fourth-order valence-electron chi connectivity index (χ4n) is 2.16. The zero-order valence-corrected chi connectivity index (χ0v) is 10.9. The van der Waals surface area contributed by atoms with Crippen molar-refractivity contribution < 1.29 is 19.3 Å². The van der Waals surface area contributed by atoms with E-state index in [-0.39, 0.29) is 12.4 Å². The number of rotatable bonds is 3. The fourth-order valence-corrected chi connectivity index (χ4v) is 2.16. The molecule has 0 amide bonds. The molecule has 1 aliphatic heterocycles. The summed E-state index contributed by atoms with van der Waals surface area (Å²) in [7, 11) is 0. The summed E-state index contributed by atoms with van der Waals surface area (Å²) in [6.45, 7) is 0.633. The molecule has 8 nitrogen and oxygen atoms in total. The Morgan fingerprint density at radius 1 is 1.65 bits per heavy atom. The van der Waals surface area contributed by atoms with Gasteiger partial charge in [-0.1, -0.05) is 0 Å². The van der Waals surface area contributed by atoms with Crippen molar-refractivity contribution in [2.75, 3.05) is 18.9 Å². The van der Waals surface area contributed by atoms with Gasteiger partial charge in [0.1, 0.15) is 17.5 Å². The SMILES string of the molecule is Cc1cn([C@@H]2O[C@](CN)(CO)[C@@H](O)[C@H]2F)c(=O)nc1N. The Morgan fingerprint density at radius 2 is 2.30 bits per heavy atom. The Hall–Kier alpha value is -1.55. The van der Waals surface area contributed by atoms with Crippen molar-refractivity contribution in [2.45, 2.75) is 31.0 Å². The maximum Gasteiger partial charge on any atom is 0.351 e. The normalized spacial score (nSPS) is 33.5. The molecule has 1 saturated heterocycles. The highest BCUT2D eigenvalue weighted by atomic mass is 19.1. The zero-order chi connectivity index (χ0) is 15.1. The molecule has 0 unspecified atom stereocenters. The average molecular weight is 288 g/mol. The molecule has 1 fully saturated rings. The van der Waals surface area contributed by atoms with Crippen LogP contribution in [0.3, 0.4) is 0 Å². The molecule has 0 radical (unpaired) electrons. The first-order valence-corrected chi connectivity index (χ1v) is 6.02. The number of alkyl halides is 1. The van der Waals surface area contributed by atoms with E-state index in [1.54, 1.807) is 6.92 Å². The molecular formula is C11H17FN4O4. The standard InChI is InChI=1S/C11H17FN4O4/c1-5-2-16(10(19)15-8(5)14)9-6(12)7(18)11(3-13,4-17)20-9/h2,6-7,9,17-18H,3-4,13H2,1H3,(H2,14,15,19)/t6-,7+,9-,11-/m1/s1. The summed E-state index contributed by atoms with van der Waals surface area (Å²) in [5.41, 5.74) is 8.93. The number of hydrogen-bond donors (Lipinski definition) is 4. The zero-order valence-electron chi connectivity index (χ0n) is 10.9. The summed E-state index contributed by atoms with van der Waals surface area (Å²) in [5, 5.41) is 19.1. The van der Waals surface area contributed by atoms with Crippen molar-refractivity contribution in [1.29, 1.82) is 0 Å². The highest BCUT2D eigenvalue weighted by molar-refractivity contribution is 5.35. The van der Waals surface area contributed by atoms with Gasteiger partial charge in [0.2, 0.25) is 0 Å². The molecule has 0 aliphatic carbocycles. The van der Waals surface area contributed by atoms with Gasteiger partial charge in [0.05, 0.1) is 6.61 Å². The molecule has 0 saturated carbocycles. The van der Waals surface area contributed by atoms with E-state index < -0.39 is 36.4 Å². The topological polar surface area (TPSA) is 137 Å². The number of aryl methyl sites for hydroxylation is 1. The van der Waals surface area contributed by atoms with Gasteiger partial charge in [-0.2, -0.15) is 4.98 Å². The van der Waals surface area contributed by atoms with Crippen molar-refractivity contribution >= 4 is 5.82 Å². The quantitative estimate of drug-likeness (QED) is 0.507. The number of aromatic nitrogens is 2. The second kappa shape index (κ2) is 5.09. The minimum absolute atomic E-state index is 0.0347. The summed E-state index contributed by atoms with van der Waals surface area (Å²) in [6.07, 6.45) is -3.70. The van der Waals surface area contributed by atoms with Crippen molar-refractivity contribution in [2.24, 2.45) is 5.73 Å². The lowest BCUT2D eigenvalue weighted by Crippen LogP contribution is -2.51. The number of aliphatic hydroxyl groups is 2. The Balaban J connectivity index is 2.45. The molecule has 9 heteroatoms. The number of ether oxygens (including phenoxy) is 1. The molecule has 0 spiro atoms. The summed E-state index contributed by atoms with van der Waals surface area (Å²) in [5.74, 6) is 0.0347. The van der Waals surface area contributed by atoms with Crippen LogP contribution in [0.2, 0.25) is 0 Å². The number of hydrogen-bond acceptors (Lipinski definition) is 7. The van der Waals surface area contributed by atoms with Gasteiger partial charge in [-0.05, 0) is 6.92 Å². The van der Waals surface area contributed by atoms with E-state index in [2.05, 4.69) is 4.98 Å². The second-order valence-electron chi connectivity index (χ2n) is 4.82. The minimum atomic E-state index is -1.92. The van der Waals surface area contributed by atoms with Gasteiger partial charge < -0.3 is 26.4 Å². The highest BCUT2D eigenvalue weighted by Gasteiger charge is 2.55. The van der Waals surface area contributed by atoms with Gasteiger partial charge in [0.15, 0.2) is 12.4 Å². The van der Waals surface area contributed by atoms with Crippen LogP contribution < -0.4 is 17.2 Å². The third-order valence-electron chi connectivity index (χ3n) is 3.53. The van der Waals surface area contributed by atoms with Crippen LogP contribution >= 0.6 is 0 Å². The molecule has 6 N–H and O–H groups in total. The van der Waals surface area contributed by atoms with Crippen molar-refractivity contribution in [3.8, 4) is 0 Å². The fraction of sp³-hybridized carbons (Fsp3) is 0.636. The van der Waals surface area contributed by atoms with Crippen LogP contribution in [-0.4, -0.2) is 50.8 Å². The van der Waals surface area contributed by atoms with Crippen LogP contribution in [0.5, 0.6) is 0 Å². The Kier molecular flexibility index (Phi) is 3.78. The maximum atomic E-state index is 14.2. The predicted molar refractivity (Wildman–Crippen MR) is 67.5 cm³/mol. The van der Waals surface area contributed by atoms with E-state index in [9.17, 15) is 19.4 Å². The smallest absolute Gasteiger partial charge is 0.351 e. The molecule has 20 heavy (non-hydrogen) atoms. The van der Waals surface area contributed by atoms with Gasteiger partial charge in [-0.15, -0.1) is 0 Å². The summed E-state index contributed by atoms with van der Waals surface area (Å²) in [6, 6.07) is 0. The van der Waals surface area contributed by atoms with Crippen molar-refractivity contribution in [3.05, 3.63) is 22.2 Å². The molecular weight excluding hydrogens is 271 g/mol. The number of aliphatic hydroxyl groups excluding tert-OH is 2. The van der Waals surface area contributed by atoms with Gasteiger partial charge in [-0.3, -0.25) is 4.57 Å². The monoisotopic (exact) mass is 288 g/mol. The molecule has 1 aromatic heterocycles. The summed E-state index contributed by atoms with van der Waals surface area (Å²) in [4.78, 5) is 15.3. The lowest BCUT2D eigenvalue weighted by molar-refractivity contribution is -0.122. The molecule has 0 aromatic carbocycles. The second-order valence-corrected chi connectivity index (χ2v) is 4.82. The van der Waals surface area contributed by atoms with E-state index in [0.29, 0.717) is 5.56 Å². The number of halogens is 1. The largest absolute Gasteiger partial charge is 0.393 e. The predicted octanol–water partition coefficient (Wildman–Crippen LogP) is -1.95. The highest BCUT2D eigenvalue weighted by Crippen LogP contribution is 2.37. The number of nitrogens with zero attached hydrogens (tertiary/aromatic N) is 2. The summed E-state index contributed by atoms with van der Waals surface area (Å²) >= 11 is 0. The van der Waals surface area contributed by atoms with Gasteiger partial charge in [0.25, 0.3) is 0 Å². The first kappa shape index (κ1) is 14.9. The number of nitrogens with two attached hydrogens (primary N) is 2. The van der Waals surface area contributed by atoms with Crippen LogP contribution in [0.4, 0.5) is 10.2 Å². The van der Waals surface area contributed by atoms with E-state index in [1.807, 2.05) is 0 Å². The summed E-state index contributed by atoms with van der Waals surface area (Å²) < 4.78 is 20.4. The van der Waals surface area contributed by atoms with E-state index in [4.69, 9.17) is 16.2 Å². The molecule has 112 valence electrons. The maximum absolute atomic E-state index is 14.2. The number of anilines is 1. The third kappa shape index (κ3) is 2.08.